The van der Waals surface area contributed by atoms with E-state index in [1.165, 1.54) is 6.07 Å². The molecule has 3 aromatic rings. The van der Waals surface area contributed by atoms with Crippen LogP contribution < -0.4 is 10.2 Å². The Balaban J connectivity index is 1.70. The number of benzene rings is 2. The van der Waals surface area contributed by atoms with Crippen LogP contribution in [0.15, 0.2) is 57.8 Å². The molecule has 0 amide bonds. The summed E-state index contributed by atoms with van der Waals surface area (Å²) in [6, 6.07) is 12.6. The lowest BCUT2D eigenvalue weighted by molar-refractivity contribution is -0.0523. The van der Waals surface area contributed by atoms with Gasteiger partial charge in [0.2, 0.25) is 0 Å². The molecule has 6 nitrogen and oxygen atoms in total. The van der Waals surface area contributed by atoms with Crippen LogP contribution in [0, 0.1) is 0 Å². The minimum absolute atomic E-state index is 0.0224. The molecule has 1 aromatic heterocycles. The van der Waals surface area contributed by atoms with E-state index < -0.39 is 23.2 Å². The van der Waals surface area contributed by atoms with Crippen molar-refractivity contribution in [3.05, 3.63) is 75.7 Å². The molecule has 162 valence electrons. The lowest BCUT2D eigenvalue weighted by atomic mass is 9.86. The van der Waals surface area contributed by atoms with Gasteiger partial charge < -0.3 is 24.5 Å². The summed E-state index contributed by atoms with van der Waals surface area (Å²) in [7, 11) is 0. The Labute approximate surface area is 180 Å². The summed E-state index contributed by atoms with van der Waals surface area (Å²) in [6.07, 6.45) is 3.10. The quantitative estimate of drug-likeness (QED) is 0.572. The van der Waals surface area contributed by atoms with Gasteiger partial charge >= 0.3 is 0 Å². The van der Waals surface area contributed by atoms with Gasteiger partial charge in [0.05, 0.1) is 6.10 Å². The molecule has 1 aliphatic rings. The van der Waals surface area contributed by atoms with Crippen LogP contribution in [0.25, 0.3) is 17.0 Å². The van der Waals surface area contributed by atoms with Crippen LogP contribution in [-0.2, 0) is 6.42 Å². The number of aromatic hydroxyl groups is 1. The third kappa shape index (κ3) is 3.96. The van der Waals surface area contributed by atoms with E-state index in [0.29, 0.717) is 24.2 Å². The molecule has 0 radical (unpaired) electrons. The number of phenols is 1. The predicted molar refractivity (Wildman–Crippen MR) is 118 cm³/mol. The van der Waals surface area contributed by atoms with Gasteiger partial charge in [0, 0.05) is 30.5 Å². The minimum Gasteiger partial charge on any atom is -0.507 e. The van der Waals surface area contributed by atoms with E-state index in [2.05, 4.69) is 0 Å². The Bertz CT molecular complexity index is 1180. The number of aliphatic hydroxyl groups excluding tert-OH is 2. The van der Waals surface area contributed by atoms with Crippen LogP contribution in [0.2, 0.25) is 0 Å². The highest BCUT2D eigenvalue weighted by Gasteiger charge is 2.41. The number of rotatable bonds is 5. The number of hydrogen-bond donors (Lipinski definition) is 3. The summed E-state index contributed by atoms with van der Waals surface area (Å²) in [5.74, 6) is 0.251. The van der Waals surface area contributed by atoms with Crippen LogP contribution in [0.3, 0.4) is 0 Å². The van der Waals surface area contributed by atoms with Crippen molar-refractivity contribution in [3.63, 3.8) is 0 Å². The molecule has 2 heterocycles. The molecule has 0 aliphatic carbocycles. The van der Waals surface area contributed by atoms with Crippen molar-refractivity contribution >= 4 is 17.0 Å². The Morgan fingerprint density at radius 2 is 2.00 bits per heavy atom. The molecule has 31 heavy (non-hydrogen) atoms. The van der Waals surface area contributed by atoms with E-state index in [1.807, 2.05) is 49.4 Å². The number of ether oxygens (including phenoxy) is 1. The zero-order valence-corrected chi connectivity index (χ0v) is 17.5. The first kappa shape index (κ1) is 21.2. The van der Waals surface area contributed by atoms with E-state index in [0.717, 1.165) is 5.56 Å². The highest BCUT2D eigenvalue weighted by atomic mass is 16.5. The van der Waals surface area contributed by atoms with Gasteiger partial charge in [-0.15, -0.1) is 0 Å². The smallest absolute Gasteiger partial charge is 0.196 e. The van der Waals surface area contributed by atoms with Gasteiger partial charge in [0.1, 0.15) is 39.9 Å². The zero-order chi connectivity index (χ0) is 22.2. The van der Waals surface area contributed by atoms with Gasteiger partial charge in [0.25, 0.3) is 0 Å². The molecule has 1 aliphatic heterocycles. The largest absolute Gasteiger partial charge is 0.507 e. The van der Waals surface area contributed by atoms with Gasteiger partial charge in [-0.05, 0) is 18.9 Å². The van der Waals surface area contributed by atoms with Crippen LogP contribution in [0.1, 0.15) is 49.7 Å². The number of fused-ring (bicyclic) bond motifs is 2. The van der Waals surface area contributed by atoms with Crippen molar-refractivity contribution < 1.29 is 24.5 Å². The summed E-state index contributed by atoms with van der Waals surface area (Å²) < 4.78 is 11.8. The normalized spacial score (nSPS) is 21.7. The second-order valence-electron chi connectivity index (χ2n) is 8.16. The zero-order valence-electron chi connectivity index (χ0n) is 17.5. The average molecular weight is 422 g/mol. The first-order valence-electron chi connectivity index (χ1n) is 10.4. The van der Waals surface area contributed by atoms with Gasteiger partial charge in [-0.1, -0.05) is 49.4 Å². The topological polar surface area (TPSA) is 100 Å². The monoisotopic (exact) mass is 422 g/mol. The maximum atomic E-state index is 12.6. The maximum absolute atomic E-state index is 12.6. The Hall–Kier alpha value is -3.09. The molecule has 3 unspecified atom stereocenters. The van der Waals surface area contributed by atoms with Crippen LogP contribution in [0.4, 0.5) is 0 Å². The molecule has 2 aromatic carbocycles. The second kappa shape index (κ2) is 8.21. The summed E-state index contributed by atoms with van der Waals surface area (Å²) in [6.45, 7) is 3.59. The SMILES string of the molecule is CCC(O)c1cc(=O)c2c(O)c3c(cc2o1)OC(C)(CC=Cc1ccccc1)C(O)C3. The van der Waals surface area contributed by atoms with E-state index in [9.17, 15) is 20.1 Å². The summed E-state index contributed by atoms with van der Waals surface area (Å²) in [5, 5.41) is 31.6. The van der Waals surface area contributed by atoms with Gasteiger partial charge in [-0.3, -0.25) is 4.79 Å². The second-order valence-corrected chi connectivity index (χ2v) is 8.16. The summed E-state index contributed by atoms with van der Waals surface area (Å²) in [4.78, 5) is 12.6. The fourth-order valence-corrected chi connectivity index (χ4v) is 3.89. The van der Waals surface area contributed by atoms with Crippen molar-refractivity contribution in [1.29, 1.82) is 0 Å². The van der Waals surface area contributed by atoms with Gasteiger partial charge in [0.15, 0.2) is 5.43 Å². The molecule has 6 heteroatoms. The van der Waals surface area contributed by atoms with Crippen LogP contribution >= 0.6 is 0 Å². The Kier molecular flexibility index (Phi) is 5.60. The van der Waals surface area contributed by atoms with Crippen molar-refractivity contribution in [1.82, 2.24) is 0 Å². The fourth-order valence-electron chi connectivity index (χ4n) is 3.89. The van der Waals surface area contributed by atoms with E-state index in [1.54, 1.807) is 13.0 Å². The van der Waals surface area contributed by atoms with Crippen LogP contribution in [0.5, 0.6) is 11.5 Å². The van der Waals surface area contributed by atoms with Crippen molar-refractivity contribution in [2.45, 2.75) is 50.9 Å². The average Bonchev–Trinajstić information content (AvgIpc) is 2.75. The van der Waals surface area contributed by atoms with Gasteiger partial charge in [-0.25, -0.2) is 0 Å². The molecule has 3 atom stereocenters. The molecule has 0 saturated heterocycles. The van der Waals surface area contributed by atoms with Crippen LogP contribution in [-0.4, -0.2) is 27.0 Å². The maximum Gasteiger partial charge on any atom is 0.196 e. The summed E-state index contributed by atoms with van der Waals surface area (Å²) in [5.41, 5.74) is 0.200. The molecule has 0 saturated carbocycles. The fraction of sp³-hybridized carbons (Fsp3) is 0.320. The molecule has 0 fully saturated rings. The highest BCUT2D eigenvalue weighted by molar-refractivity contribution is 5.87. The molecular weight excluding hydrogens is 396 g/mol. The molecule has 3 N–H and O–H groups in total. The third-order valence-electron chi connectivity index (χ3n) is 5.87. The van der Waals surface area contributed by atoms with E-state index in [-0.39, 0.29) is 28.9 Å². The van der Waals surface area contributed by atoms with E-state index >= 15 is 0 Å². The van der Waals surface area contributed by atoms with E-state index in [4.69, 9.17) is 9.15 Å². The van der Waals surface area contributed by atoms with Crippen molar-refractivity contribution in [2.24, 2.45) is 0 Å². The Morgan fingerprint density at radius 1 is 1.26 bits per heavy atom. The first-order chi connectivity index (χ1) is 14.8. The number of aliphatic hydroxyl groups is 2. The van der Waals surface area contributed by atoms with Crippen molar-refractivity contribution in [3.8, 4) is 11.5 Å². The molecule has 4 rings (SSSR count). The first-order valence-corrected chi connectivity index (χ1v) is 10.4. The lowest BCUT2D eigenvalue weighted by Crippen LogP contribution is -2.48. The lowest BCUT2D eigenvalue weighted by Gasteiger charge is -2.39. The van der Waals surface area contributed by atoms with Crippen molar-refractivity contribution in [2.75, 3.05) is 0 Å². The molecule has 0 spiro atoms. The molecule has 0 bridgehead atoms. The Morgan fingerprint density at radius 3 is 2.71 bits per heavy atom. The third-order valence-corrected chi connectivity index (χ3v) is 5.87. The number of phenolic OH excluding ortho intramolecular Hbond substituents is 1. The minimum atomic E-state index is -0.917. The van der Waals surface area contributed by atoms with Gasteiger partial charge in [-0.2, -0.15) is 0 Å². The standard InChI is InChI=1S/C25H26O6/c1-3-17(26)20-13-18(27)23-21(30-20)14-19-16(24(23)29)12-22(28)25(2,31-19)11-7-10-15-8-5-4-6-9-15/h4-10,13-14,17,22,26,28-29H,3,11-12H2,1-2H3. The molecular formula is C25H26O6. The highest BCUT2D eigenvalue weighted by Crippen LogP contribution is 2.43. The predicted octanol–water partition coefficient (Wildman–Crippen LogP) is 4.10. The number of hydrogen-bond acceptors (Lipinski definition) is 6. The summed E-state index contributed by atoms with van der Waals surface area (Å²) >= 11 is 0.